The Kier molecular flexibility index (Phi) is 5.65. The van der Waals surface area contributed by atoms with E-state index in [0.717, 1.165) is 24.8 Å². The number of hydrogen-bond donors (Lipinski definition) is 2. The van der Waals surface area contributed by atoms with Gasteiger partial charge in [0.25, 0.3) is 5.91 Å². The van der Waals surface area contributed by atoms with Gasteiger partial charge in [0.15, 0.2) is 0 Å². The molecule has 0 atom stereocenters. The lowest BCUT2D eigenvalue weighted by atomic mass is 10.1. The molecule has 4 nitrogen and oxygen atoms in total. The number of nitrogen functional groups attached to an aromatic ring is 1. The third-order valence-electron chi connectivity index (χ3n) is 3.05. The molecule has 18 heavy (non-hydrogen) atoms. The highest BCUT2D eigenvalue weighted by Gasteiger charge is 2.14. The van der Waals surface area contributed by atoms with E-state index in [4.69, 9.17) is 10.8 Å². The van der Waals surface area contributed by atoms with Crippen molar-refractivity contribution >= 4 is 11.6 Å². The number of carbonyl (C=O) groups excluding carboxylic acids is 1. The van der Waals surface area contributed by atoms with Crippen molar-refractivity contribution in [3.05, 3.63) is 29.3 Å². The minimum absolute atomic E-state index is 0.0415. The average Bonchev–Trinajstić information content (AvgIpc) is 2.37. The molecule has 0 unspecified atom stereocenters. The number of benzene rings is 1. The SMILES string of the molecule is Cc1cccc(C(=O)N(C)CCCCCO)c1N. The van der Waals surface area contributed by atoms with Crippen molar-refractivity contribution in [2.45, 2.75) is 26.2 Å². The summed E-state index contributed by atoms with van der Waals surface area (Å²) in [7, 11) is 1.78. The number of rotatable bonds is 6. The molecule has 0 aliphatic carbocycles. The molecule has 1 amide bonds. The summed E-state index contributed by atoms with van der Waals surface area (Å²) in [6.07, 6.45) is 2.61. The summed E-state index contributed by atoms with van der Waals surface area (Å²) in [5.74, 6) is -0.0415. The van der Waals surface area contributed by atoms with Gasteiger partial charge in [-0.05, 0) is 37.8 Å². The maximum Gasteiger partial charge on any atom is 0.255 e. The van der Waals surface area contributed by atoms with E-state index in [1.165, 1.54) is 0 Å². The van der Waals surface area contributed by atoms with Crippen molar-refractivity contribution < 1.29 is 9.90 Å². The number of aliphatic hydroxyl groups excluding tert-OH is 1. The van der Waals surface area contributed by atoms with Crippen molar-refractivity contribution in [2.24, 2.45) is 0 Å². The van der Waals surface area contributed by atoms with Crippen LogP contribution in [0.15, 0.2) is 18.2 Å². The number of aryl methyl sites for hydroxylation is 1. The number of carbonyl (C=O) groups is 1. The maximum atomic E-state index is 12.2. The number of amides is 1. The van der Waals surface area contributed by atoms with Gasteiger partial charge in [-0.2, -0.15) is 0 Å². The van der Waals surface area contributed by atoms with Gasteiger partial charge in [-0.3, -0.25) is 4.79 Å². The second-order valence-corrected chi connectivity index (χ2v) is 4.55. The van der Waals surface area contributed by atoms with Gasteiger partial charge in [-0.1, -0.05) is 12.1 Å². The van der Waals surface area contributed by atoms with Crippen molar-refractivity contribution in [1.82, 2.24) is 4.90 Å². The number of nitrogens with two attached hydrogens (primary N) is 1. The van der Waals surface area contributed by atoms with Gasteiger partial charge >= 0.3 is 0 Å². The summed E-state index contributed by atoms with van der Waals surface area (Å²) in [5.41, 5.74) is 7.97. The standard InChI is InChI=1S/C14H22N2O2/c1-11-7-6-8-12(13(11)15)14(18)16(2)9-4-3-5-10-17/h6-8,17H,3-5,9-10,15H2,1-2H3. The van der Waals surface area contributed by atoms with Crippen molar-refractivity contribution in [3.8, 4) is 0 Å². The van der Waals surface area contributed by atoms with Crippen molar-refractivity contribution in [2.75, 3.05) is 25.9 Å². The average molecular weight is 250 g/mol. The topological polar surface area (TPSA) is 66.6 Å². The predicted octanol–water partition coefficient (Wildman–Crippen LogP) is 1.81. The Labute approximate surface area is 108 Å². The van der Waals surface area contributed by atoms with Crippen LogP contribution in [0.5, 0.6) is 0 Å². The molecular formula is C14H22N2O2. The summed E-state index contributed by atoms with van der Waals surface area (Å²) >= 11 is 0. The highest BCUT2D eigenvalue weighted by Crippen LogP contribution is 2.18. The summed E-state index contributed by atoms with van der Waals surface area (Å²) < 4.78 is 0. The van der Waals surface area contributed by atoms with Gasteiger partial charge in [-0.25, -0.2) is 0 Å². The summed E-state index contributed by atoms with van der Waals surface area (Å²) in [5, 5.41) is 8.69. The van der Waals surface area contributed by atoms with Crippen LogP contribution in [0.2, 0.25) is 0 Å². The Hall–Kier alpha value is -1.55. The summed E-state index contributed by atoms with van der Waals surface area (Å²) in [6, 6.07) is 5.50. The van der Waals surface area contributed by atoms with Crippen LogP contribution in [0.1, 0.15) is 35.2 Å². The third-order valence-corrected chi connectivity index (χ3v) is 3.05. The highest BCUT2D eigenvalue weighted by molar-refractivity contribution is 5.99. The molecule has 100 valence electrons. The quantitative estimate of drug-likeness (QED) is 0.597. The number of aliphatic hydroxyl groups is 1. The van der Waals surface area contributed by atoms with Gasteiger partial charge in [0, 0.05) is 25.9 Å². The first-order valence-electron chi connectivity index (χ1n) is 6.29. The number of hydrogen-bond acceptors (Lipinski definition) is 3. The fourth-order valence-corrected chi connectivity index (χ4v) is 1.81. The maximum absolute atomic E-state index is 12.2. The van der Waals surface area contributed by atoms with Crippen LogP contribution in [-0.2, 0) is 0 Å². The Bertz CT molecular complexity index is 405. The second kappa shape index (κ2) is 7.01. The highest BCUT2D eigenvalue weighted by atomic mass is 16.2. The third kappa shape index (κ3) is 3.74. The van der Waals surface area contributed by atoms with Gasteiger partial charge in [0.1, 0.15) is 0 Å². The smallest absolute Gasteiger partial charge is 0.255 e. The molecule has 0 aliphatic heterocycles. The summed E-state index contributed by atoms with van der Waals surface area (Å²) in [4.78, 5) is 13.9. The molecule has 0 saturated heterocycles. The minimum atomic E-state index is -0.0415. The molecule has 0 heterocycles. The lowest BCUT2D eigenvalue weighted by Gasteiger charge is -2.18. The lowest BCUT2D eigenvalue weighted by Crippen LogP contribution is -2.28. The molecule has 0 bridgehead atoms. The lowest BCUT2D eigenvalue weighted by molar-refractivity contribution is 0.0793. The normalized spacial score (nSPS) is 10.4. The molecule has 0 spiro atoms. The molecule has 0 fully saturated rings. The van der Waals surface area contributed by atoms with E-state index in [1.54, 1.807) is 18.0 Å². The molecule has 0 aromatic heterocycles. The van der Waals surface area contributed by atoms with E-state index in [9.17, 15) is 4.79 Å². The molecule has 1 aromatic rings. The number of unbranched alkanes of at least 4 members (excludes halogenated alkanes) is 2. The molecule has 4 heteroatoms. The van der Waals surface area contributed by atoms with E-state index in [2.05, 4.69) is 0 Å². The Morgan fingerprint density at radius 2 is 2.06 bits per heavy atom. The Morgan fingerprint density at radius 3 is 2.72 bits per heavy atom. The van der Waals surface area contributed by atoms with E-state index >= 15 is 0 Å². The number of anilines is 1. The molecule has 0 saturated carbocycles. The van der Waals surface area contributed by atoms with Crippen molar-refractivity contribution in [3.63, 3.8) is 0 Å². The van der Waals surface area contributed by atoms with E-state index < -0.39 is 0 Å². The predicted molar refractivity (Wildman–Crippen MR) is 73.5 cm³/mol. The van der Waals surface area contributed by atoms with Gasteiger partial charge in [-0.15, -0.1) is 0 Å². The number of nitrogens with zero attached hydrogens (tertiary/aromatic N) is 1. The Morgan fingerprint density at radius 1 is 1.33 bits per heavy atom. The van der Waals surface area contributed by atoms with E-state index in [-0.39, 0.29) is 12.5 Å². The molecular weight excluding hydrogens is 228 g/mol. The van der Waals surface area contributed by atoms with Crippen LogP contribution >= 0.6 is 0 Å². The van der Waals surface area contributed by atoms with Crippen LogP contribution in [0, 0.1) is 6.92 Å². The second-order valence-electron chi connectivity index (χ2n) is 4.55. The van der Waals surface area contributed by atoms with Crippen molar-refractivity contribution in [1.29, 1.82) is 0 Å². The van der Waals surface area contributed by atoms with Gasteiger partial charge in [0.2, 0.25) is 0 Å². The van der Waals surface area contributed by atoms with Crippen LogP contribution in [-0.4, -0.2) is 36.1 Å². The van der Waals surface area contributed by atoms with E-state index in [0.29, 0.717) is 17.8 Å². The molecule has 3 N–H and O–H groups in total. The van der Waals surface area contributed by atoms with Gasteiger partial charge in [0.05, 0.1) is 5.56 Å². The van der Waals surface area contributed by atoms with E-state index in [1.807, 2.05) is 19.1 Å². The van der Waals surface area contributed by atoms with Crippen LogP contribution in [0.4, 0.5) is 5.69 Å². The zero-order valence-corrected chi connectivity index (χ0v) is 11.1. The molecule has 1 rings (SSSR count). The van der Waals surface area contributed by atoms with Crippen LogP contribution in [0.25, 0.3) is 0 Å². The first kappa shape index (κ1) is 14.5. The fraction of sp³-hybridized carbons (Fsp3) is 0.500. The largest absolute Gasteiger partial charge is 0.398 e. The minimum Gasteiger partial charge on any atom is -0.398 e. The first-order valence-corrected chi connectivity index (χ1v) is 6.29. The number of para-hydroxylation sites is 1. The molecule has 0 radical (unpaired) electrons. The zero-order valence-electron chi connectivity index (χ0n) is 11.1. The molecule has 1 aromatic carbocycles. The fourth-order valence-electron chi connectivity index (χ4n) is 1.81. The summed E-state index contributed by atoms with van der Waals surface area (Å²) in [6.45, 7) is 2.79. The van der Waals surface area contributed by atoms with Gasteiger partial charge < -0.3 is 15.7 Å². The van der Waals surface area contributed by atoms with Crippen LogP contribution in [0.3, 0.4) is 0 Å². The first-order chi connectivity index (χ1) is 8.57. The Balaban J connectivity index is 2.60. The molecule has 0 aliphatic rings. The monoisotopic (exact) mass is 250 g/mol. The zero-order chi connectivity index (χ0) is 13.5. The van der Waals surface area contributed by atoms with Crippen LogP contribution < -0.4 is 5.73 Å².